The fraction of sp³-hybridized carbons (Fsp3) is 0.250. The second-order valence-electron chi connectivity index (χ2n) is 7.50. The second kappa shape index (κ2) is 7.29. The number of anilines is 1. The summed E-state index contributed by atoms with van der Waals surface area (Å²) in [5, 5.41) is 16.6. The lowest BCUT2D eigenvalue weighted by molar-refractivity contribution is 0.00677. The van der Waals surface area contributed by atoms with Gasteiger partial charge in [-0.3, -0.25) is 15.6 Å². The SMILES string of the molecule is CN1CC(OC(=O)Nc2nc3ccc(C4=NNC(O)c5c(F)ccc(F)c54)cc3[nH]2)C1. The number of carbonyl (C=O) groups is 1. The van der Waals surface area contributed by atoms with Gasteiger partial charge in [0.25, 0.3) is 0 Å². The first-order valence-corrected chi connectivity index (χ1v) is 9.55. The average molecular weight is 428 g/mol. The molecule has 1 amide bonds. The van der Waals surface area contributed by atoms with Crippen LogP contribution in [0.25, 0.3) is 11.0 Å². The van der Waals surface area contributed by atoms with Crippen LogP contribution < -0.4 is 10.7 Å². The van der Waals surface area contributed by atoms with E-state index in [0.29, 0.717) is 29.7 Å². The number of hydrogen-bond donors (Lipinski definition) is 4. The van der Waals surface area contributed by atoms with Crippen molar-refractivity contribution in [1.82, 2.24) is 20.3 Å². The minimum absolute atomic E-state index is 0.113. The molecule has 1 atom stereocenters. The van der Waals surface area contributed by atoms with E-state index >= 15 is 0 Å². The van der Waals surface area contributed by atoms with Crippen LogP contribution in [0, 0.1) is 11.6 Å². The Kier molecular flexibility index (Phi) is 4.56. The van der Waals surface area contributed by atoms with E-state index in [1.807, 2.05) is 11.9 Å². The van der Waals surface area contributed by atoms with Gasteiger partial charge in [-0.15, -0.1) is 0 Å². The molecule has 9 nitrogen and oxygen atoms in total. The Labute approximate surface area is 174 Å². The monoisotopic (exact) mass is 428 g/mol. The van der Waals surface area contributed by atoms with Crippen molar-refractivity contribution in [2.24, 2.45) is 5.10 Å². The lowest BCUT2D eigenvalue weighted by Crippen LogP contribution is -2.50. The molecule has 5 rings (SSSR count). The van der Waals surface area contributed by atoms with E-state index < -0.39 is 24.0 Å². The molecule has 4 N–H and O–H groups in total. The van der Waals surface area contributed by atoms with Gasteiger partial charge in [0, 0.05) is 24.2 Å². The molecule has 0 saturated carbocycles. The van der Waals surface area contributed by atoms with Crippen LogP contribution in [0.3, 0.4) is 0 Å². The summed E-state index contributed by atoms with van der Waals surface area (Å²) in [5.74, 6) is -1.25. The van der Waals surface area contributed by atoms with Gasteiger partial charge in [0.15, 0.2) is 6.23 Å². The van der Waals surface area contributed by atoms with Gasteiger partial charge < -0.3 is 14.8 Å². The minimum Gasteiger partial charge on any atom is -0.443 e. The summed E-state index contributed by atoms with van der Waals surface area (Å²) in [5.41, 5.74) is 3.77. The maximum atomic E-state index is 14.5. The van der Waals surface area contributed by atoms with Gasteiger partial charge in [0.2, 0.25) is 5.95 Å². The fourth-order valence-corrected chi connectivity index (χ4v) is 3.74. The van der Waals surface area contributed by atoms with E-state index in [9.17, 15) is 18.7 Å². The largest absolute Gasteiger partial charge is 0.443 e. The van der Waals surface area contributed by atoms with Crippen LogP contribution in [0.2, 0.25) is 0 Å². The first-order valence-electron chi connectivity index (χ1n) is 9.55. The Morgan fingerprint density at radius 2 is 2.03 bits per heavy atom. The number of aromatic amines is 1. The number of likely N-dealkylation sites (N-methyl/N-ethyl adjacent to an activating group) is 1. The smallest absolute Gasteiger partial charge is 0.414 e. The summed E-state index contributed by atoms with van der Waals surface area (Å²) < 4.78 is 34.0. The number of carbonyl (C=O) groups excluding carboxylic acids is 1. The first kappa shape index (κ1) is 19.4. The van der Waals surface area contributed by atoms with E-state index in [1.54, 1.807) is 18.2 Å². The Hall–Kier alpha value is -3.57. The Morgan fingerprint density at radius 3 is 2.81 bits per heavy atom. The zero-order valence-electron chi connectivity index (χ0n) is 16.3. The number of fused-ring (bicyclic) bond motifs is 2. The van der Waals surface area contributed by atoms with E-state index in [2.05, 4.69) is 25.8 Å². The number of likely N-dealkylation sites (tertiary alicyclic amines) is 1. The summed E-state index contributed by atoms with van der Waals surface area (Å²) >= 11 is 0. The molecular formula is C20H18F2N6O3. The number of ether oxygens (including phenoxy) is 1. The van der Waals surface area contributed by atoms with Crippen molar-refractivity contribution in [1.29, 1.82) is 0 Å². The van der Waals surface area contributed by atoms with Crippen molar-refractivity contribution >= 4 is 28.8 Å². The Morgan fingerprint density at radius 1 is 1.26 bits per heavy atom. The zero-order chi connectivity index (χ0) is 21.7. The lowest BCUT2D eigenvalue weighted by atomic mass is 9.94. The van der Waals surface area contributed by atoms with Crippen LogP contribution in [0.15, 0.2) is 35.4 Å². The highest BCUT2D eigenvalue weighted by Gasteiger charge is 2.29. The number of halogens is 2. The number of nitrogens with one attached hydrogen (secondary N) is 3. The highest BCUT2D eigenvalue weighted by atomic mass is 19.1. The molecule has 3 heterocycles. The number of aliphatic hydroxyl groups is 1. The quantitative estimate of drug-likeness (QED) is 0.508. The van der Waals surface area contributed by atoms with Crippen molar-refractivity contribution in [3.63, 3.8) is 0 Å². The molecule has 1 unspecified atom stereocenters. The van der Waals surface area contributed by atoms with Crippen molar-refractivity contribution < 1.29 is 23.4 Å². The number of hydrogen-bond acceptors (Lipinski definition) is 7. The third-order valence-electron chi connectivity index (χ3n) is 5.23. The van der Waals surface area contributed by atoms with Gasteiger partial charge in [0.05, 0.1) is 16.6 Å². The highest BCUT2D eigenvalue weighted by molar-refractivity contribution is 6.15. The van der Waals surface area contributed by atoms with Crippen molar-refractivity contribution in [2.45, 2.75) is 12.3 Å². The highest BCUT2D eigenvalue weighted by Crippen LogP contribution is 2.30. The van der Waals surface area contributed by atoms with Crippen LogP contribution in [0.1, 0.15) is 22.9 Å². The molecule has 11 heteroatoms. The molecule has 0 spiro atoms. The van der Waals surface area contributed by atoms with Crippen LogP contribution in [0.5, 0.6) is 0 Å². The number of hydrazone groups is 1. The topological polar surface area (TPSA) is 115 Å². The Balaban J connectivity index is 1.42. The molecular weight excluding hydrogens is 410 g/mol. The number of nitrogens with zero attached hydrogens (tertiary/aromatic N) is 3. The van der Waals surface area contributed by atoms with Crippen LogP contribution >= 0.6 is 0 Å². The molecule has 1 saturated heterocycles. The summed E-state index contributed by atoms with van der Waals surface area (Å²) in [6, 6.07) is 6.89. The fourth-order valence-electron chi connectivity index (χ4n) is 3.74. The number of imidazole rings is 1. The first-order chi connectivity index (χ1) is 14.9. The van der Waals surface area contributed by atoms with E-state index in [0.717, 1.165) is 12.1 Å². The van der Waals surface area contributed by atoms with Crippen LogP contribution in [-0.2, 0) is 4.74 Å². The number of aromatic nitrogens is 2. The van der Waals surface area contributed by atoms with Crippen LogP contribution in [0.4, 0.5) is 19.5 Å². The standard InChI is InChI=1S/C20H18F2N6O3/c1-28-7-10(8-28)31-20(30)25-19-23-13-5-2-9(6-14(13)24-19)17-15-11(21)3-4-12(22)16(15)18(29)27-26-17/h2-6,10,18,27,29H,7-8H2,1H3,(H2,23,24,25,30). The van der Waals surface area contributed by atoms with Gasteiger partial charge in [0.1, 0.15) is 23.5 Å². The summed E-state index contributed by atoms with van der Waals surface area (Å²) in [6.45, 7) is 1.36. The third kappa shape index (κ3) is 3.47. The molecule has 2 aromatic carbocycles. The summed E-state index contributed by atoms with van der Waals surface area (Å²) in [6.07, 6.45) is -2.22. The maximum Gasteiger partial charge on any atom is 0.414 e. The predicted molar refractivity (Wildman–Crippen MR) is 108 cm³/mol. The van der Waals surface area contributed by atoms with E-state index in [1.165, 1.54) is 0 Å². The molecule has 0 bridgehead atoms. The molecule has 1 fully saturated rings. The lowest BCUT2D eigenvalue weighted by Gasteiger charge is -2.34. The van der Waals surface area contributed by atoms with Gasteiger partial charge in [-0.25, -0.2) is 18.6 Å². The average Bonchev–Trinajstić information content (AvgIpc) is 3.10. The molecule has 0 radical (unpaired) electrons. The maximum absolute atomic E-state index is 14.5. The van der Waals surface area contributed by atoms with Gasteiger partial charge >= 0.3 is 6.09 Å². The molecule has 160 valence electrons. The molecule has 2 aliphatic rings. The number of rotatable bonds is 3. The second-order valence-corrected chi connectivity index (χ2v) is 7.50. The number of aliphatic hydroxyl groups excluding tert-OH is 1. The number of H-pyrrole nitrogens is 1. The Bertz CT molecular complexity index is 1220. The zero-order valence-corrected chi connectivity index (χ0v) is 16.3. The van der Waals surface area contributed by atoms with E-state index in [4.69, 9.17) is 4.74 Å². The van der Waals surface area contributed by atoms with Gasteiger partial charge in [-0.2, -0.15) is 5.10 Å². The summed E-state index contributed by atoms with van der Waals surface area (Å²) in [7, 11) is 1.93. The van der Waals surface area contributed by atoms with Gasteiger partial charge in [-0.05, 0) is 31.3 Å². The minimum atomic E-state index is -1.46. The third-order valence-corrected chi connectivity index (χ3v) is 5.23. The normalized spacial score (nSPS) is 18.7. The van der Waals surface area contributed by atoms with Gasteiger partial charge in [-0.1, -0.05) is 6.07 Å². The summed E-state index contributed by atoms with van der Waals surface area (Å²) in [4.78, 5) is 21.3. The molecule has 31 heavy (non-hydrogen) atoms. The molecule has 2 aliphatic heterocycles. The predicted octanol–water partition coefficient (Wildman–Crippen LogP) is 2.05. The number of benzene rings is 2. The van der Waals surface area contributed by atoms with Crippen molar-refractivity contribution in [3.05, 3.63) is 58.7 Å². The molecule has 0 aliphatic carbocycles. The number of amides is 1. The van der Waals surface area contributed by atoms with Crippen LogP contribution in [-0.4, -0.2) is 58.0 Å². The van der Waals surface area contributed by atoms with Crippen molar-refractivity contribution in [2.75, 3.05) is 25.5 Å². The molecule has 3 aromatic rings. The van der Waals surface area contributed by atoms with E-state index in [-0.39, 0.29) is 28.9 Å². The molecule has 1 aromatic heterocycles. The van der Waals surface area contributed by atoms with Crippen molar-refractivity contribution in [3.8, 4) is 0 Å².